The second kappa shape index (κ2) is 7.19. The van der Waals surface area contributed by atoms with Crippen molar-refractivity contribution >= 4 is 35.1 Å². The molecule has 25 heavy (non-hydrogen) atoms. The summed E-state index contributed by atoms with van der Waals surface area (Å²) in [4.78, 5) is 13.1. The van der Waals surface area contributed by atoms with Gasteiger partial charge in [-0.3, -0.25) is 4.79 Å². The van der Waals surface area contributed by atoms with Gasteiger partial charge < -0.3 is 5.32 Å². The molecule has 136 valence electrons. The number of hydrogen-bond acceptors (Lipinski definition) is 3. The van der Waals surface area contributed by atoms with Crippen LogP contribution in [0.1, 0.15) is 50.2 Å². The van der Waals surface area contributed by atoms with Gasteiger partial charge in [-0.15, -0.1) is 23.5 Å². The Kier molecular flexibility index (Phi) is 5.11. The highest BCUT2D eigenvalue weighted by Crippen LogP contribution is 2.64. The molecule has 0 aromatic heterocycles. The largest absolute Gasteiger partial charge is 0.325 e. The lowest BCUT2D eigenvalue weighted by Gasteiger charge is -2.52. The van der Waals surface area contributed by atoms with Crippen LogP contribution in [0.4, 0.5) is 5.69 Å². The van der Waals surface area contributed by atoms with Gasteiger partial charge >= 0.3 is 0 Å². The van der Waals surface area contributed by atoms with E-state index >= 15 is 0 Å². The minimum Gasteiger partial charge on any atom is -0.325 e. The Morgan fingerprint density at radius 1 is 1.20 bits per heavy atom. The number of rotatable bonds is 3. The number of anilines is 1. The van der Waals surface area contributed by atoms with Crippen LogP contribution >= 0.6 is 23.5 Å². The molecule has 1 heterocycles. The van der Waals surface area contributed by atoms with Crippen molar-refractivity contribution in [3.05, 3.63) is 29.3 Å². The summed E-state index contributed by atoms with van der Waals surface area (Å²) in [6.07, 6.45) is 7.16. The zero-order valence-electron chi connectivity index (χ0n) is 15.3. The molecule has 3 fully saturated rings. The quantitative estimate of drug-likeness (QED) is 0.756. The Morgan fingerprint density at radius 3 is 2.52 bits per heavy atom. The molecule has 1 amide bonds. The first-order valence-electron chi connectivity index (χ1n) is 9.81. The van der Waals surface area contributed by atoms with E-state index < -0.39 is 0 Å². The molecule has 1 aliphatic heterocycles. The second-order valence-electron chi connectivity index (χ2n) is 7.86. The minimum atomic E-state index is 0.201. The third-order valence-electron chi connectivity index (χ3n) is 6.48. The van der Waals surface area contributed by atoms with Crippen molar-refractivity contribution in [2.45, 2.75) is 56.5 Å². The van der Waals surface area contributed by atoms with Gasteiger partial charge in [0.05, 0.1) is 4.08 Å². The number of benzene rings is 1. The maximum atomic E-state index is 13.1. The summed E-state index contributed by atoms with van der Waals surface area (Å²) in [7, 11) is 0. The second-order valence-corrected chi connectivity index (χ2v) is 10.9. The van der Waals surface area contributed by atoms with E-state index in [0.29, 0.717) is 4.08 Å². The van der Waals surface area contributed by atoms with Gasteiger partial charge in [-0.2, -0.15) is 0 Å². The van der Waals surface area contributed by atoms with Gasteiger partial charge in [-0.25, -0.2) is 0 Å². The highest BCUT2D eigenvalue weighted by Gasteiger charge is 2.55. The van der Waals surface area contributed by atoms with Crippen LogP contribution in [0, 0.1) is 24.7 Å². The van der Waals surface area contributed by atoms with Crippen LogP contribution in [0.3, 0.4) is 0 Å². The van der Waals surface area contributed by atoms with E-state index in [1.807, 2.05) is 0 Å². The molecule has 0 radical (unpaired) electrons. The first-order valence-corrected chi connectivity index (χ1v) is 11.8. The standard InChI is InChI=1S/C21H29NOS2/c1-3-15-7-4-6-14(2)19(15)22-20(23)16-12-17-8-5-9-18(13-16)21(17)24-10-11-25-21/h4,6-7,16-18H,3,5,8-13H2,1-2H3,(H,22,23). The molecule has 1 saturated heterocycles. The van der Waals surface area contributed by atoms with E-state index in [4.69, 9.17) is 0 Å². The van der Waals surface area contributed by atoms with Gasteiger partial charge in [0.25, 0.3) is 0 Å². The average molecular weight is 376 g/mol. The highest BCUT2D eigenvalue weighted by molar-refractivity contribution is 8.21. The smallest absolute Gasteiger partial charge is 0.227 e. The van der Waals surface area contributed by atoms with Crippen molar-refractivity contribution in [1.82, 2.24) is 0 Å². The molecular weight excluding hydrogens is 346 g/mol. The Morgan fingerprint density at radius 2 is 1.88 bits per heavy atom. The zero-order valence-corrected chi connectivity index (χ0v) is 17.0. The molecule has 2 saturated carbocycles. The van der Waals surface area contributed by atoms with Gasteiger partial charge in [0.15, 0.2) is 0 Å². The summed E-state index contributed by atoms with van der Waals surface area (Å²) in [5.41, 5.74) is 3.50. The third-order valence-corrected chi connectivity index (χ3v) is 10.5. The van der Waals surface area contributed by atoms with E-state index in [0.717, 1.165) is 36.8 Å². The molecule has 1 aromatic carbocycles. The molecule has 2 nitrogen and oxygen atoms in total. The molecule has 1 aromatic rings. The van der Waals surface area contributed by atoms with Crippen LogP contribution in [0.2, 0.25) is 0 Å². The number of carbonyl (C=O) groups is 1. The maximum absolute atomic E-state index is 13.1. The third kappa shape index (κ3) is 3.14. The van der Waals surface area contributed by atoms with Gasteiger partial charge in [0, 0.05) is 23.1 Å². The molecular formula is C21H29NOS2. The fourth-order valence-electron chi connectivity index (χ4n) is 5.25. The molecule has 1 spiro atoms. The molecule has 2 aliphatic carbocycles. The van der Waals surface area contributed by atoms with Crippen LogP contribution in [0.5, 0.6) is 0 Å². The SMILES string of the molecule is CCc1cccc(C)c1NC(=O)C1CC2CCCC(C1)C21SCCS1. The molecule has 3 aliphatic rings. The number of para-hydroxylation sites is 1. The monoisotopic (exact) mass is 375 g/mol. The van der Waals surface area contributed by atoms with Crippen molar-refractivity contribution in [3.63, 3.8) is 0 Å². The summed E-state index contributed by atoms with van der Waals surface area (Å²) in [5.74, 6) is 4.54. The molecule has 2 bridgehead atoms. The minimum absolute atomic E-state index is 0.201. The Bertz CT molecular complexity index is 637. The first kappa shape index (κ1) is 17.8. The number of hydrogen-bond donors (Lipinski definition) is 1. The van der Waals surface area contributed by atoms with E-state index in [-0.39, 0.29) is 11.8 Å². The number of aryl methyl sites for hydroxylation is 2. The summed E-state index contributed by atoms with van der Waals surface area (Å²) >= 11 is 4.43. The van der Waals surface area contributed by atoms with Crippen molar-refractivity contribution in [3.8, 4) is 0 Å². The predicted molar refractivity (Wildman–Crippen MR) is 110 cm³/mol. The van der Waals surface area contributed by atoms with Crippen LogP contribution < -0.4 is 5.32 Å². The fourth-order valence-corrected chi connectivity index (χ4v) is 9.19. The zero-order chi connectivity index (χ0) is 17.4. The summed E-state index contributed by atoms with van der Waals surface area (Å²) in [6.45, 7) is 4.26. The summed E-state index contributed by atoms with van der Waals surface area (Å²) in [6, 6.07) is 6.33. The van der Waals surface area contributed by atoms with Gasteiger partial charge in [0.1, 0.15) is 0 Å². The van der Waals surface area contributed by atoms with Crippen molar-refractivity contribution in [2.24, 2.45) is 17.8 Å². The lowest BCUT2D eigenvalue weighted by atomic mass is 9.67. The average Bonchev–Trinajstić information content (AvgIpc) is 3.06. The lowest BCUT2D eigenvalue weighted by Crippen LogP contribution is -2.48. The summed E-state index contributed by atoms with van der Waals surface area (Å²) in [5, 5.41) is 3.32. The van der Waals surface area contributed by atoms with Crippen LogP contribution in [-0.4, -0.2) is 21.5 Å². The molecule has 2 unspecified atom stereocenters. The van der Waals surface area contributed by atoms with Gasteiger partial charge in [-0.1, -0.05) is 31.5 Å². The summed E-state index contributed by atoms with van der Waals surface area (Å²) < 4.78 is 0.451. The van der Waals surface area contributed by atoms with Gasteiger partial charge in [0.2, 0.25) is 5.91 Å². The van der Waals surface area contributed by atoms with Crippen LogP contribution in [-0.2, 0) is 11.2 Å². The lowest BCUT2D eigenvalue weighted by molar-refractivity contribution is -0.122. The Labute approximate surface area is 160 Å². The normalized spacial score (nSPS) is 30.4. The van der Waals surface area contributed by atoms with Gasteiger partial charge in [-0.05, 0) is 62.0 Å². The van der Waals surface area contributed by atoms with Crippen molar-refractivity contribution in [2.75, 3.05) is 16.8 Å². The van der Waals surface area contributed by atoms with E-state index in [9.17, 15) is 4.79 Å². The molecule has 1 N–H and O–H groups in total. The molecule has 2 atom stereocenters. The highest BCUT2D eigenvalue weighted by atomic mass is 32.2. The van der Waals surface area contributed by atoms with E-state index in [1.54, 1.807) is 0 Å². The number of thioether (sulfide) groups is 2. The van der Waals surface area contributed by atoms with E-state index in [1.165, 1.54) is 41.9 Å². The Hall–Kier alpha value is -0.610. The molecule has 4 rings (SSSR count). The number of carbonyl (C=O) groups excluding carboxylic acids is 1. The van der Waals surface area contributed by atoms with E-state index in [2.05, 4.69) is 60.9 Å². The van der Waals surface area contributed by atoms with Crippen molar-refractivity contribution in [1.29, 1.82) is 0 Å². The number of amides is 1. The first-order chi connectivity index (χ1) is 12.1. The number of nitrogens with one attached hydrogen (secondary N) is 1. The topological polar surface area (TPSA) is 29.1 Å². The van der Waals surface area contributed by atoms with Crippen molar-refractivity contribution < 1.29 is 4.79 Å². The predicted octanol–water partition coefficient (Wildman–Crippen LogP) is 5.50. The Balaban J connectivity index is 1.51. The fraction of sp³-hybridized carbons (Fsp3) is 0.667. The maximum Gasteiger partial charge on any atom is 0.227 e. The van der Waals surface area contributed by atoms with Crippen LogP contribution in [0.15, 0.2) is 18.2 Å². The van der Waals surface area contributed by atoms with Crippen LogP contribution in [0.25, 0.3) is 0 Å². The molecule has 4 heteroatoms.